The van der Waals surface area contributed by atoms with Gasteiger partial charge in [0.05, 0.1) is 19.6 Å². The number of carbonyl (C=O) groups excluding carboxylic acids is 1. The number of hydrogen-bond donors (Lipinski definition) is 4. The summed E-state index contributed by atoms with van der Waals surface area (Å²) < 4.78 is 10.2. The summed E-state index contributed by atoms with van der Waals surface area (Å²) in [5.74, 6) is -0.0945. The Bertz CT molecular complexity index is 2030. The van der Waals surface area contributed by atoms with Crippen LogP contribution >= 0.6 is 0 Å². The Balaban J connectivity index is 0.000000205. The molecule has 3 fully saturated rings. The highest BCUT2D eigenvalue weighted by Crippen LogP contribution is 2.74. The molecule has 7 rings (SSSR count). The normalized spacial score (nSPS) is 31.0. The Labute approximate surface area is 319 Å². The molecule has 288 valence electrons. The Hall–Kier alpha value is -4.72. The van der Waals surface area contributed by atoms with Gasteiger partial charge in [-0.1, -0.05) is 75.8 Å². The molecule has 6 atom stereocenters. The molecule has 0 saturated heterocycles. The lowest BCUT2D eigenvalue weighted by atomic mass is 9.34. The van der Waals surface area contributed by atoms with E-state index in [0.29, 0.717) is 11.7 Å². The molecule has 0 aliphatic heterocycles. The average molecular weight is 737 g/mol. The van der Waals surface area contributed by atoms with Crippen LogP contribution in [0.1, 0.15) is 112 Å². The summed E-state index contributed by atoms with van der Waals surface area (Å²) >= 11 is 0. The smallest absolute Gasteiger partial charge is 0.309 e. The van der Waals surface area contributed by atoms with Crippen LogP contribution in [0.15, 0.2) is 66.3 Å². The number of phenols is 3. The standard InChI is InChI=1S/C29H40O4.C17H16O4/c1-17-18-7-8-21-27(4,19(18)15-20(30)23(17)31)12-14-29(6)22-16-26(3,24(32)33)10-9-25(22,2)11-13-28(21,29)5;1-20-13-10-15(19)17(16(11-13)21-2)14(18)9-8-12-6-4-3-5-7-12/h8,15,22,30-31H,7,9-14,16H2,1-6H3,(H,32,33);3-11,19H,1-2H3. The van der Waals surface area contributed by atoms with Crippen molar-refractivity contribution < 1.29 is 39.5 Å². The van der Waals surface area contributed by atoms with Gasteiger partial charge in [0.1, 0.15) is 22.8 Å². The second-order valence-corrected chi connectivity index (χ2v) is 17.4. The minimum atomic E-state index is -0.641. The zero-order chi connectivity index (χ0) is 39.4. The first kappa shape index (κ1) is 39.0. The number of carboxylic acids is 1. The number of fused-ring (bicyclic) bond motifs is 7. The first-order chi connectivity index (χ1) is 25.4. The van der Waals surface area contributed by atoms with E-state index in [1.807, 2.05) is 50.2 Å². The van der Waals surface area contributed by atoms with Crippen LogP contribution in [-0.4, -0.2) is 46.4 Å². The van der Waals surface area contributed by atoms with Crippen LogP contribution in [0, 0.1) is 34.5 Å². The number of benzene rings is 3. The van der Waals surface area contributed by atoms with Crippen molar-refractivity contribution in [1.29, 1.82) is 0 Å². The van der Waals surface area contributed by atoms with Gasteiger partial charge in [0.25, 0.3) is 0 Å². The summed E-state index contributed by atoms with van der Waals surface area (Å²) in [4.78, 5) is 24.5. The third kappa shape index (κ3) is 6.15. The van der Waals surface area contributed by atoms with Crippen molar-refractivity contribution in [2.45, 2.75) is 98.3 Å². The monoisotopic (exact) mass is 736 g/mol. The molecule has 0 radical (unpaired) electrons. The van der Waals surface area contributed by atoms with E-state index < -0.39 is 11.4 Å². The molecule has 4 aliphatic rings. The quantitative estimate of drug-likeness (QED) is 0.0851. The molecular weight excluding hydrogens is 680 g/mol. The second kappa shape index (κ2) is 13.8. The van der Waals surface area contributed by atoms with E-state index in [1.165, 1.54) is 37.5 Å². The number of carboxylic acid groups (broad SMARTS) is 1. The average Bonchev–Trinajstić information content (AvgIpc) is 3.15. The molecule has 6 unspecified atom stereocenters. The van der Waals surface area contributed by atoms with E-state index in [9.17, 15) is 30.0 Å². The molecule has 8 nitrogen and oxygen atoms in total. The summed E-state index contributed by atoms with van der Waals surface area (Å²) in [6, 6.07) is 14.2. The zero-order valence-electron chi connectivity index (χ0n) is 33.0. The highest BCUT2D eigenvalue weighted by molar-refractivity contribution is 6.10. The summed E-state index contributed by atoms with van der Waals surface area (Å²) in [5.41, 5.74) is 5.02. The predicted molar refractivity (Wildman–Crippen MR) is 211 cm³/mol. The van der Waals surface area contributed by atoms with Gasteiger partial charge >= 0.3 is 5.97 Å². The van der Waals surface area contributed by atoms with E-state index in [4.69, 9.17) is 9.47 Å². The van der Waals surface area contributed by atoms with Gasteiger partial charge in [-0.2, -0.15) is 0 Å². The number of hydrogen-bond acceptors (Lipinski definition) is 7. The number of phenolic OH excluding ortho intramolecular Hbond substituents is 3. The zero-order valence-corrected chi connectivity index (χ0v) is 33.0. The number of ketones is 1. The van der Waals surface area contributed by atoms with E-state index >= 15 is 0 Å². The Kier molecular flexibility index (Phi) is 10.00. The van der Waals surface area contributed by atoms with Crippen molar-refractivity contribution in [2.75, 3.05) is 14.2 Å². The maximum absolute atomic E-state index is 12.3. The van der Waals surface area contributed by atoms with Crippen LogP contribution in [0.5, 0.6) is 28.7 Å². The Morgan fingerprint density at radius 2 is 1.52 bits per heavy atom. The topological polar surface area (TPSA) is 134 Å². The fraction of sp³-hybridized carbons (Fsp3) is 0.478. The molecule has 0 aromatic heterocycles. The number of ether oxygens (including phenoxy) is 2. The molecule has 0 heterocycles. The molecule has 0 spiro atoms. The van der Waals surface area contributed by atoms with Crippen LogP contribution in [0.3, 0.4) is 0 Å². The summed E-state index contributed by atoms with van der Waals surface area (Å²) in [6.07, 6.45) is 13.1. The van der Waals surface area contributed by atoms with Gasteiger partial charge in [0.2, 0.25) is 0 Å². The van der Waals surface area contributed by atoms with Crippen molar-refractivity contribution in [1.82, 2.24) is 0 Å². The van der Waals surface area contributed by atoms with Crippen molar-refractivity contribution in [3.8, 4) is 28.7 Å². The highest BCUT2D eigenvalue weighted by atomic mass is 16.5. The first-order valence-corrected chi connectivity index (χ1v) is 19.1. The van der Waals surface area contributed by atoms with Gasteiger partial charge in [0, 0.05) is 17.5 Å². The highest BCUT2D eigenvalue weighted by Gasteiger charge is 2.67. The summed E-state index contributed by atoms with van der Waals surface area (Å²) in [6.45, 7) is 13.5. The van der Waals surface area contributed by atoms with Crippen molar-refractivity contribution in [2.24, 2.45) is 27.6 Å². The van der Waals surface area contributed by atoms with Gasteiger partial charge in [-0.25, -0.2) is 0 Å². The minimum Gasteiger partial charge on any atom is -0.507 e. The number of aromatic hydroxyl groups is 3. The molecule has 54 heavy (non-hydrogen) atoms. The van der Waals surface area contributed by atoms with Gasteiger partial charge in [-0.15, -0.1) is 0 Å². The largest absolute Gasteiger partial charge is 0.507 e. The predicted octanol–water partition coefficient (Wildman–Crippen LogP) is 9.95. The Morgan fingerprint density at radius 1 is 0.833 bits per heavy atom. The Morgan fingerprint density at radius 3 is 2.17 bits per heavy atom. The van der Waals surface area contributed by atoms with Gasteiger partial charge in [0.15, 0.2) is 17.3 Å². The second-order valence-electron chi connectivity index (χ2n) is 17.4. The number of carbonyl (C=O) groups is 2. The summed E-state index contributed by atoms with van der Waals surface area (Å²) in [7, 11) is 2.91. The molecule has 0 bridgehead atoms. The fourth-order valence-corrected chi connectivity index (χ4v) is 10.8. The van der Waals surface area contributed by atoms with Gasteiger partial charge < -0.3 is 29.9 Å². The van der Waals surface area contributed by atoms with Crippen molar-refractivity contribution in [3.63, 3.8) is 0 Å². The maximum Gasteiger partial charge on any atom is 0.309 e. The third-order valence-corrected chi connectivity index (χ3v) is 14.6. The molecular formula is C46H56O8. The number of rotatable bonds is 6. The number of aliphatic carboxylic acids is 1. The van der Waals surface area contributed by atoms with Crippen LogP contribution in [-0.2, 0) is 16.6 Å². The SMILES string of the molecule is COc1cc(O)c(C(=O)C=Cc2ccccc2)c(OC)c1.Cc1c(O)c(O)cc2c1CC=C1C2(C)CCC2(C)C3CC(C)(C(=O)O)CCC3(C)CCC12C. The number of methoxy groups -OCH3 is 2. The lowest BCUT2D eigenvalue weighted by molar-refractivity contribution is -0.177. The molecule has 8 heteroatoms. The van der Waals surface area contributed by atoms with Gasteiger partial charge in [-0.3, -0.25) is 9.59 Å². The van der Waals surface area contributed by atoms with Crippen LogP contribution in [0.4, 0.5) is 0 Å². The van der Waals surface area contributed by atoms with Crippen LogP contribution in [0.2, 0.25) is 0 Å². The molecule has 4 N–H and O–H groups in total. The molecule has 3 saturated carbocycles. The molecule has 0 amide bonds. The molecule has 3 aromatic carbocycles. The maximum atomic E-state index is 12.3. The van der Waals surface area contributed by atoms with E-state index in [0.717, 1.165) is 68.1 Å². The van der Waals surface area contributed by atoms with Crippen LogP contribution in [0.25, 0.3) is 6.08 Å². The fourth-order valence-electron chi connectivity index (χ4n) is 10.8. The van der Waals surface area contributed by atoms with Crippen molar-refractivity contribution in [3.05, 3.63) is 94.1 Å². The summed E-state index contributed by atoms with van der Waals surface area (Å²) in [5, 5.41) is 40.9. The van der Waals surface area contributed by atoms with E-state index in [-0.39, 0.29) is 56.0 Å². The lowest BCUT2D eigenvalue weighted by Gasteiger charge is -2.69. The molecule has 3 aromatic rings. The first-order valence-electron chi connectivity index (χ1n) is 19.1. The van der Waals surface area contributed by atoms with E-state index in [2.05, 4.69) is 33.8 Å². The van der Waals surface area contributed by atoms with Crippen molar-refractivity contribution >= 4 is 17.8 Å². The van der Waals surface area contributed by atoms with Gasteiger partial charge in [-0.05, 0) is 122 Å². The number of allylic oxidation sites excluding steroid dienone is 3. The minimum absolute atomic E-state index is 0.00431. The lowest BCUT2D eigenvalue weighted by Crippen LogP contribution is -2.62. The molecule has 4 aliphatic carbocycles. The third-order valence-electron chi connectivity index (χ3n) is 14.6. The van der Waals surface area contributed by atoms with E-state index in [1.54, 1.807) is 12.1 Å². The van der Waals surface area contributed by atoms with Crippen LogP contribution < -0.4 is 9.47 Å².